The van der Waals surface area contributed by atoms with Crippen LogP contribution in [0, 0.1) is 0 Å². The summed E-state index contributed by atoms with van der Waals surface area (Å²) in [4.78, 5) is 15.5. The zero-order valence-corrected chi connectivity index (χ0v) is 11.5. The van der Waals surface area contributed by atoms with Gasteiger partial charge in [0.1, 0.15) is 0 Å². The van der Waals surface area contributed by atoms with Crippen LogP contribution in [0.5, 0.6) is 0 Å². The fourth-order valence-corrected chi connectivity index (χ4v) is 2.58. The first-order chi connectivity index (χ1) is 9.02. The van der Waals surface area contributed by atoms with Crippen molar-refractivity contribution in [3.63, 3.8) is 0 Å². The number of carbonyl (C=O) groups is 1. The van der Waals surface area contributed by atoms with Crippen LogP contribution >= 0.6 is 0 Å². The molecule has 0 amide bonds. The number of nitrogen functional groups attached to an aromatic ring is 1. The summed E-state index contributed by atoms with van der Waals surface area (Å²) in [6.45, 7) is 5.04. The normalized spacial score (nSPS) is 20.5. The van der Waals surface area contributed by atoms with Crippen molar-refractivity contribution in [2.75, 3.05) is 37.3 Å². The number of nitrogens with zero attached hydrogens (tertiary/aromatic N) is 2. The van der Waals surface area contributed by atoms with E-state index in [1.54, 1.807) is 6.07 Å². The number of carboxylic acid groups (broad SMARTS) is 1. The number of hydrogen-bond donors (Lipinski definition) is 2. The number of likely N-dealkylation sites (N-methyl/N-ethyl adjacent to an activating group) is 1. The van der Waals surface area contributed by atoms with E-state index in [1.807, 2.05) is 6.07 Å². The van der Waals surface area contributed by atoms with Crippen LogP contribution in [0.1, 0.15) is 23.7 Å². The summed E-state index contributed by atoms with van der Waals surface area (Å²) in [7, 11) is 2.14. The Morgan fingerprint density at radius 2 is 2.21 bits per heavy atom. The Bertz CT molecular complexity index is 476. The van der Waals surface area contributed by atoms with Gasteiger partial charge in [0.25, 0.3) is 0 Å². The first-order valence-electron chi connectivity index (χ1n) is 6.61. The SMILES string of the molecule is CCC1CN(c2ccc(C(=O)O)cc2N)CCN1C. The second kappa shape index (κ2) is 5.48. The molecule has 0 aromatic heterocycles. The molecule has 0 bridgehead atoms. The summed E-state index contributed by atoms with van der Waals surface area (Å²) >= 11 is 0. The lowest BCUT2D eigenvalue weighted by molar-refractivity contribution is 0.0697. The Labute approximate surface area is 113 Å². The summed E-state index contributed by atoms with van der Waals surface area (Å²) in [5.41, 5.74) is 7.71. The zero-order valence-electron chi connectivity index (χ0n) is 11.5. The second-order valence-corrected chi connectivity index (χ2v) is 5.07. The van der Waals surface area contributed by atoms with Crippen molar-refractivity contribution < 1.29 is 9.90 Å². The van der Waals surface area contributed by atoms with Gasteiger partial charge in [-0.1, -0.05) is 6.92 Å². The predicted molar refractivity (Wildman–Crippen MR) is 76.7 cm³/mol. The van der Waals surface area contributed by atoms with Crippen LogP contribution in [-0.2, 0) is 0 Å². The molecule has 1 heterocycles. The van der Waals surface area contributed by atoms with E-state index in [0.29, 0.717) is 11.7 Å². The Kier molecular flexibility index (Phi) is 3.95. The zero-order chi connectivity index (χ0) is 14.0. The molecule has 0 spiro atoms. The molecule has 5 heteroatoms. The van der Waals surface area contributed by atoms with Crippen LogP contribution in [0.3, 0.4) is 0 Å². The molecule has 1 fully saturated rings. The van der Waals surface area contributed by atoms with Gasteiger partial charge in [0.15, 0.2) is 0 Å². The fraction of sp³-hybridized carbons (Fsp3) is 0.500. The highest BCUT2D eigenvalue weighted by Crippen LogP contribution is 2.27. The van der Waals surface area contributed by atoms with Crippen LogP contribution < -0.4 is 10.6 Å². The average Bonchev–Trinajstić information content (AvgIpc) is 2.39. The van der Waals surface area contributed by atoms with Crippen molar-refractivity contribution >= 4 is 17.3 Å². The third kappa shape index (κ3) is 2.81. The summed E-state index contributed by atoms with van der Waals surface area (Å²) in [6.07, 6.45) is 1.10. The standard InChI is InChI=1S/C14H21N3O2/c1-3-11-9-17(7-6-16(11)2)13-5-4-10(14(18)19)8-12(13)15/h4-5,8,11H,3,6-7,9,15H2,1-2H3,(H,18,19). The molecular formula is C14H21N3O2. The molecule has 1 aromatic rings. The smallest absolute Gasteiger partial charge is 0.335 e. The second-order valence-electron chi connectivity index (χ2n) is 5.07. The lowest BCUT2D eigenvalue weighted by atomic mass is 10.1. The van der Waals surface area contributed by atoms with Crippen LogP contribution in [0.25, 0.3) is 0 Å². The van der Waals surface area contributed by atoms with E-state index in [-0.39, 0.29) is 5.56 Å². The lowest BCUT2D eigenvalue weighted by Gasteiger charge is -2.40. The molecule has 3 N–H and O–H groups in total. The van der Waals surface area contributed by atoms with Gasteiger partial charge >= 0.3 is 5.97 Å². The third-order valence-corrected chi connectivity index (χ3v) is 3.86. The first-order valence-corrected chi connectivity index (χ1v) is 6.61. The fourth-order valence-electron chi connectivity index (χ4n) is 2.58. The first kappa shape index (κ1) is 13.7. The van der Waals surface area contributed by atoms with E-state index in [0.717, 1.165) is 31.7 Å². The minimum atomic E-state index is -0.942. The van der Waals surface area contributed by atoms with Gasteiger partial charge < -0.3 is 15.7 Å². The third-order valence-electron chi connectivity index (χ3n) is 3.86. The summed E-state index contributed by atoms with van der Waals surface area (Å²) < 4.78 is 0. The Balaban J connectivity index is 2.20. The maximum atomic E-state index is 10.9. The predicted octanol–water partition coefficient (Wildman–Crippen LogP) is 1.50. The highest BCUT2D eigenvalue weighted by atomic mass is 16.4. The Hall–Kier alpha value is -1.75. The van der Waals surface area contributed by atoms with Crippen molar-refractivity contribution in [3.8, 4) is 0 Å². The van der Waals surface area contributed by atoms with E-state index >= 15 is 0 Å². The highest BCUT2D eigenvalue weighted by Gasteiger charge is 2.24. The van der Waals surface area contributed by atoms with E-state index < -0.39 is 5.97 Å². The van der Waals surface area contributed by atoms with Gasteiger partial charge in [0.2, 0.25) is 0 Å². The van der Waals surface area contributed by atoms with E-state index in [1.165, 1.54) is 6.07 Å². The van der Waals surface area contributed by atoms with Crippen molar-refractivity contribution in [2.45, 2.75) is 19.4 Å². The van der Waals surface area contributed by atoms with Crippen LogP contribution in [0.4, 0.5) is 11.4 Å². The van der Waals surface area contributed by atoms with Crippen molar-refractivity contribution in [1.82, 2.24) is 4.90 Å². The number of aromatic carboxylic acids is 1. The maximum absolute atomic E-state index is 10.9. The molecule has 2 rings (SSSR count). The minimum Gasteiger partial charge on any atom is -0.478 e. The highest BCUT2D eigenvalue weighted by molar-refractivity contribution is 5.90. The number of rotatable bonds is 3. The van der Waals surface area contributed by atoms with Crippen molar-refractivity contribution in [1.29, 1.82) is 0 Å². The largest absolute Gasteiger partial charge is 0.478 e. The van der Waals surface area contributed by atoms with E-state index in [4.69, 9.17) is 10.8 Å². The number of benzene rings is 1. The van der Waals surface area contributed by atoms with Gasteiger partial charge in [-0.25, -0.2) is 4.79 Å². The molecule has 104 valence electrons. The molecule has 1 unspecified atom stereocenters. The van der Waals surface area contributed by atoms with Crippen molar-refractivity contribution in [3.05, 3.63) is 23.8 Å². The molecule has 19 heavy (non-hydrogen) atoms. The monoisotopic (exact) mass is 263 g/mol. The molecule has 0 radical (unpaired) electrons. The molecule has 1 atom stereocenters. The minimum absolute atomic E-state index is 0.238. The molecule has 1 aromatic carbocycles. The van der Waals surface area contributed by atoms with Crippen LogP contribution in [0.15, 0.2) is 18.2 Å². The number of anilines is 2. The number of piperazine rings is 1. The molecular weight excluding hydrogens is 242 g/mol. The molecule has 0 saturated carbocycles. The number of hydrogen-bond acceptors (Lipinski definition) is 4. The molecule has 1 aliphatic heterocycles. The Morgan fingerprint density at radius 3 is 2.79 bits per heavy atom. The van der Waals surface area contributed by atoms with Gasteiger partial charge in [0.05, 0.1) is 16.9 Å². The van der Waals surface area contributed by atoms with Gasteiger partial charge in [-0.3, -0.25) is 4.90 Å². The quantitative estimate of drug-likeness (QED) is 0.809. The summed E-state index contributed by atoms with van der Waals surface area (Å²) in [5.74, 6) is -0.942. The summed E-state index contributed by atoms with van der Waals surface area (Å²) in [6, 6.07) is 5.49. The molecule has 1 saturated heterocycles. The van der Waals surface area contributed by atoms with Crippen LogP contribution in [0.2, 0.25) is 0 Å². The van der Waals surface area contributed by atoms with Gasteiger partial charge in [-0.2, -0.15) is 0 Å². The number of carboxylic acids is 1. The topological polar surface area (TPSA) is 69.8 Å². The van der Waals surface area contributed by atoms with Gasteiger partial charge in [0, 0.05) is 25.7 Å². The summed E-state index contributed by atoms with van der Waals surface area (Å²) in [5, 5.41) is 8.95. The average molecular weight is 263 g/mol. The van der Waals surface area contributed by atoms with Gasteiger partial charge in [-0.05, 0) is 31.7 Å². The Morgan fingerprint density at radius 1 is 1.47 bits per heavy atom. The molecule has 5 nitrogen and oxygen atoms in total. The van der Waals surface area contributed by atoms with Crippen molar-refractivity contribution in [2.24, 2.45) is 0 Å². The molecule has 1 aliphatic rings. The van der Waals surface area contributed by atoms with Crippen LogP contribution in [-0.4, -0.2) is 48.7 Å². The van der Waals surface area contributed by atoms with E-state index in [9.17, 15) is 4.79 Å². The molecule has 0 aliphatic carbocycles. The lowest BCUT2D eigenvalue weighted by Crippen LogP contribution is -2.51. The van der Waals surface area contributed by atoms with Gasteiger partial charge in [-0.15, -0.1) is 0 Å². The van der Waals surface area contributed by atoms with E-state index in [2.05, 4.69) is 23.8 Å². The maximum Gasteiger partial charge on any atom is 0.335 e. The number of nitrogens with two attached hydrogens (primary N) is 1.